The summed E-state index contributed by atoms with van der Waals surface area (Å²) in [6.07, 6.45) is 34.9. The molecule has 0 aliphatic rings. The minimum atomic E-state index is -4.95. The van der Waals surface area contributed by atoms with Crippen LogP contribution < -0.4 is 0 Å². The third-order valence-corrected chi connectivity index (χ3v) is 17.4. The number of phosphoric ester groups is 2. The van der Waals surface area contributed by atoms with E-state index in [1.54, 1.807) is 0 Å². The molecule has 19 heteroatoms. The second kappa shape index (κ2) is 55.2. The number of hydrogen-bond donors (Lipinski definition) is 3. The predicted octanol–water partition coefficient (Wildman–Crippen LogP) is 17.8. The van der Waals surface area contributed by atoms with E-state index in [-0.39, 0.29) is 25.7 Å². The predicted molar refractivity (Wildman–Crippen MR) is 335 cm³/mol. The maximum absolute atomic E-state index is 13.0. The van der Waals surface area contributed by atoms with E-state index in [4.69, 9.17) is 37.0 Å². The second-order valence-corrected chi connectivity index (χ2v) is 27.8. The number of ether oxygens (including phenoxy) is 4. The molecule has 0 aromatic rings. The molecular formula is C65H126O17P2. The molecule has 0 spiro atoms. The minimum absolute atomic E-state index is 0.103. The zero-order valence-corrected chi connectivity index (χ0v) is 56.3. The van der Waals surface area contributed by atoms with Crippen LogP contribution in [0.3, 0.4) is 0 Å². The number of carbonyl (C=O) groups excluding carboxylic acids is 4. The van der Waals surface area contributed by atoms with Gasteiger partial charge in [0.1, 0.15) is 19.3 Å². The standard InChI is InChI=1S/C65H126O17P2/c1-9-57(7)43-35-27-19-14-15-21-32-40-48-65(70)82-61(52-76-63(68)46-38-30-24-23-28-36-44-58(8)10-2)54-80-84(73,74)78-50-59(66)49-77-83(71,72)79-53-60(51-75-62(67)45-37-29-22-16-18-26-34-42-56(5)6)81-64(69)47-39-31-20-13-11-12-17-25-33-41-55(3)4/h55-61,66H,9-54H2,1-8H3,(H,71,72)(H,73,74)/t57?,58?,59-,60-,61-/m1/s1. The molecule has 7 atom stereocenters. The van der Waals surface area contributed by atoms with E-state index in [2.05, 4.69) is 55.4 Å². The van der Waals surface area contributed by atoms with Gasteiger partial charge in [0.15, 0.2) is 12.2 Å². The van der Waals surface area contributed by atoms with Gasteiger partial charge in [-0.05, 0) is 49.4 Å². The molecule has 498 valence electrons. The molecule has 84 heavy (non-hydrogen) atoms. The first kappa shape index (κ1) is 82.1. The molecular weight excluding hydrogens is 1110 g/mol. The molecule has 0 aliphatic carbocycles. The number of aliphatic hydroxyl groups is 1. The van der Waals surface area contributed by atoms with Crippen molar-refractivity contribution in [1.29, 1.82) is 0 Å². The quantitative estimate of drug-likeness (QED) is 0.0222. The van der Waals surface area contributed by atoms with Crippen molar-refractivity contribution in [2.75, 3.05) is 39.6 Å². The molecule has 0 rings (SSSR count). The van der Waals surface area contributed by atoms with Gasteiger partial charge in [-0.1, -0.05) is 261 Å². The Hall–Kier alpha value is -1.94. The number of esters is 4. The van der Waals surface area contributed by atoms with E-state index >= 15 is 0 Å². The van der Waals surface area contributed by atoms with Crippen molar-refractivity contribution in [3.8, 4) is 0 Å². The molecule has 0 radical (unpaired) electrons. The Morgan fingerprint density at radius 2 is 0.571 bits per heavy atom. The van der Waals surface area contributed by atoms with Crippen LogP contribution in [0.15, 0.2) is 0 Å². The molecule has 0 aromatic carbocycles. The minimum Gasteiger partial charge on any atom is -0.462 e. The lowest BCUT2D eigenvalue weighted by molar-refractivity contribution is -0.161. The molecule has 17 nitrogen and oxygen atoms in total. The van der Waals surface area contributed by atoms with Gasteiger partial charge in [-0.15, -0.1) is 0 Å². The lowest BCUT2D eigenvalue weighted by Gasteiger charge is -2.21. The largest absolute Gasteiger partial charge is 0.472 e. The van der Waals surface area contributed by atoms with Crippen LogP contribution in [0.25, 0.3) is 0 Å². The first-order valence-electron chi connectivity index (χ1n) is 33.8. The van der Waals surface area contributed by atoms with Gasteiger partial charge < -0.3 is 33.8 Å². The lowest BCUT2D eigenvalue weighted by Crippen LogP contribution is -2.30. The van der Waals surface area contributed by atoms with Crippen LogP contribution in [0, 0.1) is 23.7 Å². The third-order valence-electron chi connectivity index (χ3n) is 15.5. The zero-order chi connectivity index (χ0) is 62.5. The number of carbonyl (C=O) groups is 4. The molecule has 0 amide bonds. The summed E-state index contributed by atoms with van der Waals surface area (Å²) in [6, 6.07) is 0. The SMILES string of the molecule is CCC(C)CCCCCCCCCCC(=O)O[C@H](COC(=O)CCCCCCCCC(C)CC)COP(=O)(O)OC[C@H](O)COP(=O)(O)OC[C@@H](COC(=O)CCCCCCCCCC(C)C)OC(=O)CCCCCCCCCCCC(C)C. The Morgan fingerprint density at radius 1 is 0.333 bits per heavy atom. The second-order valence-electron chi connectivity index (χ2n) is 24.9. The van der Waals surface area contributed by atoms with Crippen LogP contribution >= 0.6 is 15.6 Å². The van der Waals surface area contributed by atoms with Crippen molar-refractivity contribution in [1.82, 2.24) is 0 Å². The Balaban J connectivity index is 5.27. The van der Waals surface area contributed by atoms with Gasteiger partial charge in [0, 0.05) is 25.7 Å². The Kier molecular flexibility index (Phi) is 53.9. The van der Waals surface area contributed by atoms with Gasteiger partial charge in [0.25, 0.3) is 0 Å². The van der Waals surface area contributed by atoms with Crippen LogP contribution in [0.4, 0.5) is 0 Å². The zero-order valence-electron chi connectivity index (χ0n) is 54.5. The summed E-state index contributed by atoms with van der Waals surface area (Å²) >= 11 is 0. The highest BCUT2D eigenvalue weighted by Crippen LogP contribution is 2.45. The van der Waals surface area contributed by atoms with Gasteiger partial charge in [-0.2, -0.15) is 0 Å². The molecule has 0 heterocycles. The summed E-state index contributed by atoms with van der Waals surface area (Å²) in [4.78, 5) is 72.3. The average molecular weight is 1240 g/mol. The highest BCUT2D eigenvalue weighted by atomic mass is 31.2. The first-order valence-corrected chi connectivity index (χ1v) is 36.8. The maximum Gasteiger partial charge on any atom is 0.472 e. The molecule has 0 fully saturated rings. The third kappa shape index (κ3) is 56.6. The monoisotopic (exact) mass is 1240 g/mol. The Labute approximate surface area is 511 Å². The van der Waals surface area contributed by atoms with Crippen LogP contribution in [-0.2, 0) is 65.4 Å². The summed E-state index contributed by atoms with van der Waals surface area (Å²) in [7, 11) is -9.89. The van der Waals surface area contributed by atoms with Crippen LogP contribution in [0.2, 0.25) is 0 Å². The van der Waals surface area contributed by atoms with Gasteiger partial charge in [-0.3, -0.25) is 37.3 Å². The molecule has 0 aliphatic heterocycles. The Morgan fingerprint density at radius 3 is 0.845 bits per heavy atom. The first-order chi connectivity index (χ1) is 40.2. The fourth-order valence-corrected chi connectivity index (χ4v) is 11.1. The maximum atomic E-state index is 13.0. The molecule has 0 bridgehead atoms. The van der Waals surface area contributed by atoms with Crippen molar-refractivity contribution < 1.29 is 80.2 Å². The number of aliphatic hydroxyl groups excluding tert-OH is 1. The smallest absolute Gasteiger partial charge is 0.462 e. The number of unbranched alkanes of at least 4 members (excludes halogenated alkanes) is 26. The number of phosphoric acid groups is 2. The van der Waals surface area contributed by atoms with Crippen LogP contribution in [0.1, 0.15) is 312 Å². The molecule has 4 unspecified atom stereocenters. The summed E-state index contributed by atoms with van der Waals surface area (Å²) in [5.41, 5.74) is 0. The van der Waals surface area contributed by atoms with Gasteiger partial charge in [0.2, 0.25) is 0 Å². The van der Waals surface area contributed by atoms with Crippen LogP contribution in [-0.4, -0.2) is 96.7 Å². The molecule has 0 saturated heterocycles. The Bertz CT molecular complexity index is 1680. The highest BCUT2D eigenvalue weighted by molar-refractivity contribution is 7.47. The summed E-state index contributed by atoms with van der Waals surface area (Å²) in [6.45, 7) is 14.0. The lowest BCUT2D eigenvalue weighted by atomic mass is 9.99. The number of hydrogen-bond acceptors (Lipinski definition) is 15. The van der Waals surface area contributed by atoms with E-state index in [1.165, 1.54) is 103 Å². The van der Waals surface area contributed by atoms with Gasteiger partial charge in [0.05, 0.1) is 26.4 Å². The van der Waals surface area contributed by atoms with Gasteiger partial charge in [-0.25, -0.2) is 9.13 Å². The summed E-state index contributed by atoms with van der Waals surface area (Å²) < 4.78 is 68.0. The fourth-order valence-electron chi connectivity index (χ4n) is 9.54. The van der Waals surface area contributed by atoms with E-state index in [0.29, 0.717) is 31.6 Å². The van der Waals surface area contributed by atoms with E-state index in [9.17, 15) is 43.2 Å². The van der Waals surface area contributed by atoms with E-state index in [1.807, 2.05) is 0 Å². The van der Waals surface area contributed by atoms with Crippen LogP contribution in [0.5, 0.6) is 0 Å². The van der Waals surface area contributed by atoms with Crippen molar-refractivity contribution >= 4 is 39.5 Å². The topological polar surface area (TPSA) is 237 Å². The average Bonchev–Trinajstić information content (AvgIpc) is 3.47. The van der Waals surface area contributed by atoms with Gasteiger partial charge >= 0.3 is 39.5 Å². The number of rotatable bonds is 62. The van der Waals surface area contributed by atoms with E-state index < -0.39 is 97.5 Å². The van der Waals surface area contributed by atoms with Crippen molar-refractivity contribution in [2.24, 2.45) is 23.7 Å². The summed E-state index contributed by atoms with van der Waals surface area (Å²) in [5, 5.41) is 10.5. The normalized spacial score (nSPS) is 15.1. The molecule has 0 saturated carbocycles. The van der Waals surface area contributed by atoms with Crippen molar-refractivity contribution in [3.05, 3.63) is 0 Å². The summed E-state index contributed by atoms with van der Waals surface area (Å²) in [5.74, 6) is 0.802. The van der Waals surface area contributed by atoms with E-state index in [0.717, 1.165) is 120 Å². The van der Waals surface area contributed by atoms with Crippen molar-refractivity contribution in [2.45, 2.75) is 331 Å². The fraction of sp³-hybridized carbons (Fsp3) is 0.938. The van der Waals surface area contributed by atoms with Crippen molar-refractivity contribution in [3.63, 3.8) is 0 Å². The molecule has 0 aromatic heterocycles. The highest BCUT2D eigenvalue weighted by Gasteiger charge is 2.30. The molecule has 3 N–H and O–H groups in total.